The van der Waals surface area contributed by atoms with Crippen molar-refractivity contribution in [2.45, 2.75) is 32.7 Å². The highest BCUT2D eigenvalue weighted by Gasteiger charge is 2.14. The van der Waals surface area contributed by atoms with Gasteiger partial charge in [0.2, 0.25) is 0 Å². The lowest BCUT2D eigenvalue weighted by Crippen LogP contribution is -2.30. The first-order chi connectivity index (χ1) is 6.57. The van der Waals surface area contributed by atoms with E-state index < -0.39 is 0 Å². The highest BCUT2D eigenvalue weighted by Crippen LogP contribution is 2.15. The largest absolute Gasteiger partial charge is 0.372 e. The van der Waals surface area contributed by atoms with Crippen LogP contribution in [0.1, 0.15) is 27.2 Å². The Morgan fingerprint density at radius 3 is 2.50 bits per heavy atom. The van der Waals surface area contributed by atoms with Gasteiger partial charge >= 0.3 is 0 Å². The van der Waals surface area contributed by atoms with Crippen molar-refractivity contribution < 1.29 is 0 Å². The number of hydrogen-bond acceptors (Lipinski definition) is 4. The van der Waals surface area contributed by atoms with Crippen molar-refractivity contribution in [3.63, 3.8) is 0 Å². The Balaban J connectivity index is 2.76. The molecule has 1 rings (SSSR count). The number of nitrogens with zero attached hydrogens (tertiary/aromatic N) is 2. The summed E-state index contributed by atoms with van der Waals surface area (Å²) < 4.78 is 0. The minimum atomic E-state index is 0.0566. The zero-order chi connectivity index (χ0) is 10.6. The molecule has 1 aromatic rings. The molecule has 1 aromatic heterocycles. The summed E-state index contributed by atoms with van der Waals surface area (Å²) in [6.07, 6.45) is 4.47. The molecule has 0 saturated heterocycles. The summed E-state index contributed by atoms with van der Waals surface area (Å²) in [5.74, 6) is 1.59. The maximum absolute atomic E-state index is 4.34. The molecule has 0 radical (unpaired) electrons. The standard InChI is InChI=1S/C10H18N4/c1-5-10(2,3)14-9-7-12-6-8(11-4)13-9/h6-7H,5H2,1-4H3,(H2,11,13,14). The average Bonchev–Trinajstić information content (AvgIpc) is 2.17. The Morgan fingerprint density at radius 2 is 1.93 bits per heavy atom. The zero-order valence-corrected chi connectivity index (χ0v) is 9.26. The fourth-order valence-corrected chi connectivity index (χ4v) is 0.982. The Morgan fingerprint density at radius 1 is 1.29 bits per heavy atom. The van der Waals surface area contributed by atoms with Gasteiger partial charge in [0.15, 0.2) is 0 Å². The Bertz CT molecular complexity index is 296. The number of nitrogens with one attached hydrogen (secondary N) is 2. The van der Waals surface area contributed by atoms with E-state index in [4.69, 9.17) is 0 Å². The Hall–Kier alpha value is -1.32. The number of hydrogen-bond donors (Lipinski definition) is 2. The van der Waals surface area contributed by atoms with Gasteiger partial charge in [-0.2, -0.15) is 0 Å². The normalized spacial score (nSPS) is 11.1. The average molecular weight is 194 g/mol. The maximum atomic E-state index is 4.34. The van der Waals surface area contributed by atoms with Gasteiger partial charge in [-0.3, -0.25) is 4.98 Å². The van der Waals surface area contributed by atoms with Crippen molar-refractivity contribution in [1.82, 2.24) is 9.97 Å². The first-order valence-electron chi connectivity index (χ1n) is 4.85. The van der Waals surface area contributed by atoms with E-state index in [0.29, 0.717) is 0 Å². The van der Waals surface area contributed by atoms with E-state index in [1.54, 1.807) is 12.4 Å². The summed E-state index contributed by atoms with van der Waals surface area (Å²) in [5, 5.41) is 6.29. The fraction of sp³-hybridized carbons (Fsp3) is 0.600. The predicted octanol–water partition coefficient (Wildman–Crippen LogP) is 2.12. The molecule has 0 amide bonds. The molecule has 78 valence electrons. The summed E-state index contributed by atoms with van der Waals surface area (Å²) in [4.78, 5) is 8.43. The third kappa shape index (κ3) is 2.87. The van der Waals surface area contributed by atoms with Crippen molar-refractivity contribution in [3.05, 3.63) is 12.4 Å². The SMILES string of the molecule is CCC(C)(C)Nc1cncc(NC)n1. The second-order valence-corrected chi connectivity index (χ2v) is 3.90. The zero-order valence-electron chi connectivity index (χ0n) is 9.26. The van der Waals surface area contributed by atoms with Gasteiger partial charge in [0.25, 0.3) is 0 Å². The summed E-state index contributed by atoms with van der Waals surface area (Å²) >= 11 is 0. The second kappa shape index (κ2) is 4.26. The molecule has 0 aromatic carbocycles. The second-order valence-electron chi connectivity index (χ2n) is 3.90. The minimum Gasteiger partial charge on any atom is -0.372 e. The molecule has 1 heterocycles. The molecule has 0 aliphatic carbocycles. The van der Waals surface area contributed by atoms with Gasteiger partial charge in [0, 0.05) is 12.6 Å². The van der Waals surface area contributed by atoms with Crippen molar-refractivity contribution in [3.8, 4) is 0 Å². The maximum Gasteiger partial charge on any atom is 0.147 e. The summed E-state index contributed by atoms with van der Waals surface area (Å²) in [7, 11) is 1.83. The molecule has 0 aliphatic rings. The van der Waals surface area contributed by atoms with Crippen LogP contribution in [0.2, 0.25) is 0 Å². The first kappa shape index (κ1) is 10.8. The molecular formula is C10H18N4. The quantitative estimate of drug-likeness (QED) is 0.770. The van der Waals surface area contributed by atoms with E-state index in [0.717, 1.165) is 18.1 Å². The monoisotopic (exact) mass is 194 g/mol. The van der Waals surface area contributed by atoms with Crippen LogP contribution in [0.3, 0.4) is 0 Å². The lowest BCUT2D eigenvalue weighted by Gasteiger charge is -2.24. The van der Waals surface area contributed by atoms with Crippen molar-refractivity contribution in [2.24, 2.45) is 0 Å². The summed E-state index contributed by atoms with van der Waals surface area (Å²) in [5.41, 5.74) is 0.0566. The molecule has 0 saturated carbocycles. The summed E-state index contributed by atoms with van der Waals surface area (Å²) in [6, 6.07) is 0. The molecule has 0 unspecified atom stereocenters. The van der Waals surface area contributed by atoms with E-state index in [-0.39, 0.29) is 5.54 Å². The van der Waals surface area contributed by atoms with Gasteiger partial charge in [-0.25, -0.2) is 4.98 Å². The number of anilines is 2. The van der Waals surface area contributed by atoms with Crippen molar-refractivity contribution in [1.29, 1.82) is 0 Å². The van der Waals surface area contributed by atoms with E-state index in [1.807, 2.05) is 7.05 Å². The van der Waals surface area contributed by atoms with Crippen molar-refractivity contribution >= 4 is 11.6 Å². The van der Waals surface area contributed by atoms with Crippen LogP contribution >= 0.6 is 0 Å². The first-order valence-corrected chi connectivity index (χ1v) is 4.85. The van der Waals surface area contributed by atoms with Gasteiger partial charge in [-0.1, -0.05) is 6.92 Å². The molecule has 2 N–H and O–H groups in total. The van der Waals surface area contributed by atoms with Crippen LogP contribution < -0.4 is 10.6 Å². The van der Waals surface area contributed by atoms with Gasteiger partial charge in [0.05, 0.1) is 12.4 Å². The molecule has 14 heavy (non-hydrogen) atoms. The van der Waals surface area contributed by atoms with Crippen LogP contribution in [-0.2, 0) is 0 Å². The Kier molecular flexibility index (Phi) is 3.28. The van der Waals surface area contributed by atoms with E-state index in [2.05, 4.69) is 41.4 Å². The Labute approximate surface area is 85.2 Å². The van der Waals surface area contributed by atoms with Crippen LogP contribution in [0, 0.1) is 0 Å². The van der Waals surface area contributed by atoms with Crippen LogP contribution in [0.4, 0.5) is 11.6 Å². The van der Waals surface area contributed by atoms with Gasteiger partial charge in [0.1, 0.15) is 11.6 Å². The minimum absolute atomic E-state index is 0.0566. The molecule has 0 atom stereocenters. The van der Waals surface area contributed by atoms with Crippen LogP contribution in [0.25, 0.3) is 0 Å². The third-order valence-electron chi connectivity index (χ3n) is 2.24. The van der Waals surface area contributed by atoms with Crippen molar-refractivity contribution in [2.75, 3.05) is 17.7 Å². The smallest absolute Gasteiger partial charge is 0.147 e. The number of rotatable bonds is 4. The third-order valence-corrected chi connectivity index (χ3v) is 2.24. The molecule has 0 aliphatic heterocycles. The summed E-state index contributed by atoms with van der Waals surface area (Å²) in [6.45, 7) is 6.42. The fourth-order valence-electron chi connectivity index (χ4n) is 0.982. The van der Waals surface area contributed by atoms with E-state index in [1.165, 1.54) is 0 Å². The molecule has 0 spiro atoms. The number of aromatic nitrogens is 2. The molecule has 0 bridgehead atoms. The highest BCUT2D eigenvalue weighted by atomic mass is 15.1. The topological polar surface area (TPSA) is 49.8 Å². The van der Waals surface area contributed by atoms with Gasteiger partial charge in [-0.15, -0.1) is 0 Å². The van der Waals surface area contributed by atoms with Crippen LogP contribution in [0.15, 0.2) is 12.4 Å². The van der Waals surface area contributed by atoms with Crippen LogP contribution in [-0.4, -0.2) is 22.6 Å². The van der Waals surface area contributed by atoms with E-state index in [9.17, 15) is 0 Å². The van der Waals surface area contributed by atoms with Gasteiger partial charge < -0.3 is 10.6 Å². The molecule has 0 fully saturated rings. The highest BCUT2D eigenvalue weighted by molar-refractivity contribution is 5.42. The van der Waals surface area contributed by atoms with E-state index >= 15 is 0 Å². The molecule has 4 heteroatoms. The lowest BCUT2D eigenvalue weighted by molar-refractivity contribution is 0.544. The predicted molar refractivity (Wildman–Crippen MR) is 59.6 cm³/mol. The lowest BCUT2D eigenvalue weighted by atomic mass is 10.0. The molecular weight excluding hydrogens is 176 g/mol. The van der Waals surface area contributed by atoms with Gasteiger partial charge in [-0.05, 0) is 20.3 Å². The van der Waals surface area contributed by atoms with Crippen LogP contribution in [0.5, 0.6) is 0 Å². The molecule has 4 nitrogen and oxygen atoms in total.